The van der Waals surface area contributed by atoms with E-state index in [1.165, 1.54) is 18.2 Å². The molecule has 0 atom stereocenters. The highest BCUT2D eigenvalue weighted by molar-refractivity contribution is 6.04. The van der Waals surface area contributed by atoms with E-state index in [2.05, 4.69) is 10.3 Å². The van der Waals surface area contributed by atoms with Crippen molar-refractivity contribution >= 4 is 23.3 Å². The number of hydrogen-bond acceptors (Lipinski definition) is 4. The number of nitrogens with zero attached hydrogens (tertiary/aromatic N) is 2. The minimum atomic E-state index is -4.56. The van der Waals surface area contributed by atoms with Gasteiger partial charge in [-0.25, -0.2) is 0 Å². The first kappa shape index (κ1) is 23.0. The van der Waals surface area contributed by atoms with E-state index < -0.39 is 17.6 Å². The molecule has 0 saturated carbocycles. The maximum Gasteiger partial charge on any atom is 0.418 e. The number of amides is 2. The number of ketones is 1. The number of carbonyl (C=O) groups excluding carboxylic acids is 3. The normalized spacial score (nSPS) is 17.1. The molecule has 4 rings (SSSR count). The number of rotatable bonds is 4. The molecule has 7 nitrogen and oxygen atoms in total. The summed E-state index contributed by atoms with van der Waals surface area (Å²) in [6, 6.07) is 4.85. The maximum atomic E-state index is 13.1. The summed E-state index contributed by atoms with van der Waals surface area (Å²) in [5.74, 6) is -0.664. The van der Waals surface area contributed by atoms with Gasteiger partial charge in [-0.1, -0.05) is 12.1 Å². The Hall–Kier alpha value is -3.14. The highest BCUT2D eigenvalue weighted by Gasteiger charge is 2.34. The Morgan fingerprint density at radius 3 is 2.45 bits per heavy atom. The molecule has 33 heavy (non-hydrogen) atoms. The van der Waals surface area contributed by atoms with E-state index in [0.29, 0.717) is 49.4 Å². The van der Waals surface area contributed by atoms with Crippen LogP contribution in [0.3, 0.4) is 0 Å². The van der Waals surface area contributed by atoms with E-state index in [9.17, 15) is 27.6 Å². The van der Waals surface area contributed by atoms with Crippen molar-refractivity contribution < 1.29 is 27.6 Å². The lowest BCUT2D eigenvalue weighted by atomic mass is 9.93. The molecule has 10 heteroatoms. The number of hydrogen-bond donors (Lipinski definition) is 2. The third-order valence-electron chi connectivity index (χ3n) is 6.18. The number of nitrogens with one attached hydrogen (secondary N) is 2. The molecule has 1 saturated heterocycles. The Labute approximate surface area is 188 Å². The number of benzene rings is 1. The Kier molecular flexibility index (Phi) is 6.29. The zero-order valence-corrected chi connectivity index (χ0v) is 18.2. The fourth-order valence-corrected chi connectivity index (χ4v) is 4.49. The highest BCUT2D eigenvalue weighted by atomic mass is 19.4. The number of para-hydroxylation sites is 1. The number of fused-ring (bicyclic) bond motifs is 1. The predicted molar refractivity (Wildman–Crippen MR) is 115 cm³/mol. The van der Waals surface area contributed by atoms with E-state index in [0.717, 1.165) is 24.6 Å². The smallest absolute Gasteiger partial charge is 0.354 e. The molecule has 1 aromatic heterocycles. The molecule has 0 radical (unpaired) electrons. The first-order valence-corrected chi connectivity index (χ1v) is 10.9. The Morgan fingerprint density at radius 2 is 1.79 bits per heavy atom. The first-order valence-electron chi connectivity index (χ1n) is 10.9. The number of alkyl halides is 3. The average Bonchev–Trinajstić information content (AvgIpc) is 3.11. The number of piperazine rings is 1. The van der Waals surface area contributed by atoms with E-state index in [1.54, 1.807) is 16.7 Å². The van der Waals surface area contributed by atoms with Crippen LogP contribution in [0.5, 0.6) is 0 Å². The van der Waals surface area contributed by atoms with Gasteiger partial charge in [0.2, 0.25) is 5.91 Å². The second kappa shape index (κ2) is 9.01. The van der Waals surface area contributed by atoms with Gasteiger partial charge >= 0.3 is 6.18 Å². The van der Waals surface area contributed by atoms with Gasteiger partial charge in [0.25, 0.3) is 5.91 Å². The van der Waals surface area contributed by atoms with Crippen LogP contribution in [0.4, 0.5) is 18.9 Å². The van der Waals surface area contributed by atoms with Gasteiger partial charge in [-0.05, 0) is 37.5 Å². The zero-order chi connectivity index (χ0) is 23.8. The van der Waals surface area contributed by atoms with Gasteiger partial charge < -0.3 is 15.2 Å². The Bertz CT molecular complexity index is 1090. The number of anilines is 1. The lowest BCUT2D eigenvalue weighted by Crippen LogP contribution is -2.50. The van der Waals surface area contributed by atoms with Crippen LogP contribution in [0.15, 0.2) is 24.3 Å². The van der Waals surface area contributed by atoms with Crippen molar-refractivity contribution in [3.05, 3.63) is 52.3 Å². The molecule has 2 heterocycles. The maximum absolute atomic E-state index is 13.1. The van der Waals surface area contributed by atoms with Gasteiger partial charge in [0, 0.05) is 43.9 Å². The average molecular weight is 462 g/mol. The molecule has 2 aromatic rings. The van der Waals surface area contributed by atoms with Gasteiger partial charge in [0.05, 0.1) is 17.8 Å². The largest absolute Gasteiger partial charge is 0.418 e. The van der Waals surface area contributed by atoms with Gasteiger partial charge in [-0.15, -0.1) is 0 Å². The van der Waals surface area contributed by atoms with Gasteiger partial charge in [0.15, 0.2) is 5.78 Å². The van der Waals surface area contributed by atoms with E-state index in [1.807, 2.05) is 0 Å². The number of aromatic amines is 1. The molecule has 0 bridgehead atoms. The van der Waals surface area contributed by atoms with Crippen molar-refractivity contribution in [3.63, 3.8) is 0 Å². The quantitative estimate of drug-likeness (QED) is 0.731. The zero-order valence-electron chi connectivity index (χ0n) is 18.2. The van der Waals surface area contributed by atoms with Crippen molar-refractivity contribution in [2.75, 3.05) is 38.0 Å². The van der Waals surface area contributed by atoms with Crippen LogP contribution in [-0.4, -0.2) is 65.1 Å². The van der Waals surface area contributed by atoms with E-state index >= 15 is 0 Å². The minimum Gasteiger partial charge on any atom is -0.354 e. The van der Waals surface area contributed by atoms with Crippen LogP contribution in [0.1, 0.15) is 50.5 Å². The summed E-state index contributed by atoms with van der Waals surface area (Å²) < 4.78 is 39.4. The van der Waals surface area contributed by atoms with Gasteiger partial charge in [-0.2, -0.15) is 13.2 Å². The summed E-state index contributed by atoms with van der Waals surface area (Å²) in [5, 5.41) is 2.35. The summed E-state index contributed by atoms with van der Waals surface area (Å²) in [6.45, 7) is 3.30. The van der Waals surface area contributed by atoms with Crippen molar-refractivity contribution in [2.24, 2.45) is 0 Å². The van der Waals surface area contributed by atoms with Crippen molar-refractivity contribution in [1.82, 2.24) is 14.8 Å². The van der Waals surface area contributed by atoms with E-state index in [-0.39, 0.29) is 23.9 Å². The first-order chi connectivity index (χ1) is 15.6. The van der Waals surface area contributed by atoms with Crippen LogP contribution in [0, 0.1) is 6.92 Å². The van der Waals surface area contributed by atoms with Crippen molar-refractivity contribution in [1.29, 1.82) is 0 Å². The van der Waals surface area contributed by atoms with Crippen LogP contribution in [0.25, 0.3) is 0 Å². The van der Waals surface area contributed by atoms with Crippen molar-refractivity contribution in [3.8, 4) is 0 Å². The molecule has 2 N–H and O–H groups in total. The summed E-state index contributed by atoms with van der Waals surface area (Å²) in [4.78, 5) is 44.2. The lowest BCUT2D eigenvalue weighted by molar-refractivity contribution is -0.137. The summed E-state index contributed by atoms with van der Waals surface area (Å²) in [7, 11) is 0. The van der Waals surface area contributed by atoms with Crippen LogP contribution >= 0.6 is 0 Å². The molecular weight excluding hydrogens is 437 g/mol. The number of carbonyl (C=O) groups is 3. The predicted octanol–water partition coefficient (Wildman–Crippen LogP) is 3.26. The highest BCUT2D eigenvalue weighted by Crippen LogP contribution is 2.34. The summed E-state index contributed by atoms with van der Waals surface area (Å²) in [5.41, 5.74) is 1.41. The van der Waals surface area contributed by atoms with E-state index in [4.69, 9.17) is 0 Å². The molecule has 2 amide bonds. The monoisotopic (exact) mass is 462 g/mol. The Morgan fingerprint density at radius 1 is 1.09 bits per heavy atom. The molecule has 1 aliphatic carbocycles. The SMILES string of the molecule is Cc1c(C(=O)N2CCN(CC(=O)Nc3ccccc3C(F)(F)F)CC2)[nH]c2c1C(=O)CCC2. The van der Waals surface area contributed by atoms with Crippen LogP contribution in [-0.2, 0) is 17.4 Å². The fourth-order valence-electron chi connectivity index (χ4n) is 4.49. The third-order valence-corrected chi connectivity index (χ3v) is 6.18. The standard InChI is InChI=1S/C23H25F3N4O3/c1-14-20-17(7-4-8-18(20)31)28-21(14)22(33)30-11-9-29(10-12-30)13-19(32)27-16-6-3-2-5-15(16)23(24,25)26/h2-3,5-6,28H,4,7-13H2,1H3,(H,27,32). The Balaban J connectivity index is 1.34. The fraction of sp³-hybridized carbons (Fsp3) is 0.435. The number of halogens is 3. The van der Waals surface area contributed by atoms with Crippen LogP contribution in [0.2, 0.25) is 0 Å². The molecule has 2 aliphatic rings. The summed E-state index contributed by atoms with van der Waals surface area (Å²) in [6.07, 6.45) is -2.55. The molecule has 176 valence electrons. The second-order valence-corrected chi connectivity index (χ2v) is 8.42. The van der Waals surface area contributed by atoms with Gasteiger partial charge in [-0.3, -0.25) is 19.3 Å². The summed E-state index contributed by atoms with van der Waals surface area (Å²) >= 11 is 0. The second-order valence-electron chi connectivity index (χ2n) is 8.42. The number of Topliss-reactive ketones (excluding diaryl/α,β-unsaturated/α-hetero) is 1. The molecular formula is C23H25F3N4O3. The van der Waals surface area contributed by atoms with Crippen molar-refractivity contribution in [2.45, 2.75) is 32.4 Å². The molecule has 1 fully saturated rings. The number of H-pyrrole nitrogens is 1. The molecule has 0 unspecified atom stereocenters. The molecule has 0 spiro atoms. The molecule has 1 aliphatic heterocycles. The number of aromatic nitrogens is 1. The lowest BCUT2D eigenvalue weighted by Gasteiger charge is -2.34. The topological polar surface area (TPSA) is 85.5 Å². The number of aryl methyl sites for hydroxylation is 1. The third kappa shape index (κ3) is 4.80. The molecule has 1 aromatic carbocycles. The van der Waals surface area contributed by atoms with Crippen LogP contribution < -0.4 is 5.32 Å². The minimum absolute atomic E-state index is 0.0620. The van der Waals surface area contributed by atoms with Gasteiger partial charge in [0.1, 0.15) is 5.69 Å².